The van der Waals surface area contributed by atoms with Crippen molar-refractivity contribution in [1.82, 2.24) is 0 Å². The van der Waals surface area contributed by atoms with Crippen LogP contribution < -0.4 is 10.6 Å². The summed E-state index contributed by atoms with van der Waals surface area (Å²) in [6.45, 7) is 3.99. The number of carbonyl (C=O) groups is 2. The first kappa shape index (κ1) is 23.0. The molecule has 4 nitrogen and oxygen atoms in total. The van der Waals surface area contributed by atoms with E-state index in [1.54, 1.807) is 0 Å². The monoisotopic (exact) mass is 448 g/mol. The molecule has 0 radical (unpaired) electrons. The van der Waals surface area contributed by atoms with Gasteiger partial charge in [-0.25, -0.2) is 0 Å². The average molecular weight is 449 g/mol. The lowest BCUT2D eigenvalue weighted by Crippen LogP contribution is -2.15. The van der Waals surface area contributed by atoms with Gasteiger partial charge in [0.1, 0.15) is 0 Å². The molecule has 0 aliphatic rings. The number of amides is 2. The van der Waals surface area contributed by atoms with Gasteiger partial charge in [-0.3, -0.25) is 9.59 Å². The molecule has 2 amide bonds. The highest BCUT2D eigenvalue weighted by Crippen LogP contribution is 2.28. The molecule has 0 spiro atoms. The van der Waals surface area contributed by atoms with Crippen LogP contribution in [0, 0.1) is 13.8 Å². The van der Waals surface area contributed by atoms with Gasteiger partial charge in [0, 0.05) is 11.4 Å². The third-order valence-corrected chi connectivity index (χ3v) is 5.75. The summed E-state index contributed by atoms with van der Waals surface area (Å²) in [5, 5.41) is 6.03. The molecule has 0 atom stereocenters. The second kappa shape index (κ2) is 10.6. The van der Waals surface area contributed by atoms with Gasteiger partial charge in [0.15, 0.2) is 0 Å². The number of benzene rings is 4. The number of nitrogens with one attached hydrogen (secondary N) is 2. The molecule has 0 fully saturated rings. The van der Waals surface area contributed by atoms with Crippen molar-refractivity contribution in [2.45, 2.75) is 26.7 Å². The second-order valence-electron chi connectivity index (χ2n) is 8.48. The first-order valence-corrected chi connectivity index (χ1v) is 11.4. The van der Waals surface area contributed by atoms with Crippen molar-refractivity contribution in [2.75, 3.05) is 10.6 Å². The predicted octanol–water partition coefficient (Wildman–Crippen LogP) is 6.33. The summed E-state index contributed by atoms with van der Waals surface area (Å²) in [7, 11) is 0. The van der Waals surface area contributed by atoms with Crippen molar-refractivity contribution in [3.8, 4) is 11.1 Å². The van der Waals surface area contributed by atoms with Gasteiger partial charge in [-0.15, -0.1) is 0 Å². The maximum atomic E-state index is 12.4. The summed E-state index contributed by atoms with van der Waals surface area (Å²) >= 11 is 0. The minimum Gasteiger partial charge on any atom is -0.326 e. The van der Waals surface area contributed by atoms with E-state index in [0.717, 1.165) is 44.8 Å². The zero-order chi connectivity index (χ0) is 23.9. The number of anilines is 2. The van der Waals surface area contributed by atoms with Crippen LogP contribution in [0.3, 0.4) is 0 Å². The predicted molar refractivity (Wildman–Crippen MR) is 139 cm³/mol. The molecule has 4 aromatic rings. The zero-order valence-electron chi connectivity index (χ0n) is 19.5. The summed E-state index contributed by atoms with van der Waals surface area (Å²) in [5.41, 5.74) is 7.71. The smallest absolute Gasteiger partial charge is 0.228 e. The van der Waals surface area contributed by atoms with Gasteiger partial charge in [-0.2, -0.15) is 0 Å². The van der Waals surface area contributed by atoms with Crippen LogP contribution in [0.25, 0.3) is 11.1 Å². The lowest BCUT2D eigenvalue weighted by atomic mass is 9.99. The summed E-state index contributed by atoms with van der Waals surface area (Å²) < 4.78 is 0. The van der Waals surface area contributed by atoms with E-state index in [-0.39, 0.29) is 11.8 Å². The fraction of sp³-hybridized carbons (Fsp3) is 0.133. The minimum atomic E-state index is -0.0338. The van der Waals surface area contributed by atoms with Crippen molar-refractivity contribution in [2.24, 2.45) is 0 Å². The van der Waals surface area contributed by atoms with Crippen molar-refractivity contribution in [1.29, 1.82) is 0 Å². The molecule has 0 aliphatic carbocycles. The van der Waals surface area contributed by atoms with Gasteiger partial charge in [-0.1, -0.05) is 72.8 Å². The van der Waals surface area contributed by atoms with Crippen molar-refractivity contribution in [3.05, 3.63) is 119 Å². The van der Waals surface area contributed by atoms with Crippen LogP contribution in [0.2, 0.25) is 0 Å². The first-order chi connectivity index (χ1) is 16.5. The van der Waals surface area contributed by atoms with E-state index < -0.39 is 0 Å². The average Bonchev–Trinajstić information content (AvgIpc) is 2.83. The van der Waals surface area contributed by atoms with Gasteiger partial charge in [0.05, 0.1) is 12.8 Å². The van der Waals surface area contributed by atoms with E-state index in [4.69, 9.17) is 0 Å². The Morgan fingerprint density at radius 3 is 1.29 bits per heavy atom. The number of hydrogen-bond donors (Lipinski definition) is 2. The molecule has 0 bridgehead atoms. The molecule has 4 rings (SSSR count). The molecule has 34 heavy (non-hydrogen) atoms. The zero-order valence-corrected chi connectivity index (χ0v) is 19.5. The molecule has 4 aromatic carbocycles. The lowest BCUT2D eigenvalue weighted by Gasteiger charge is -2.13. The Bertz CT molecular complexity index is 1200. The van der Waals surface area contributed by atoms with Crippen LogP contribution in [0.15, 0.2) is 97.1 Å². The van der Waals surface area contributed by atoms with E-state index in [9.17, 15) is 9.59 Å². The molecule has 0 saturated carbocycles. The Labute approximate surface area is 200 Å². The standard InChI is InChI=1S/C30H28N2O2/c1-21-17-25(13-15-27(21)31-29(33)19-23-9-5-3-6-10-23)26-14-16-28(22(2)18-26)32-30(34)20-24-11-7-4-8-12-24/h3-18H,19-20H2,1-2H3,(H,31,33)(H,32,34). The van der Waals surface area contributed by atoms with E-state index in [0.29, 0.717) is 12.8 Å². The van der Waals surface area contributed by atoms with Crippen LogP contribution in [-0.2, 0) is 22.4 Å². The topological polar surface area (TPSA) is 58.2 Å². The molecule has 0 heterocycles. The van der Waals surface area contributed by atoms with Crippen LogP contribution >= 0.6 is 0 Å². The highest BCUT2D eigenvalue weighted by atomic mass is 16.2. The number of rotatable bonds is 7. The number of carbonyl (C=O) groups excluding carboxylic acids is 2. The molecule has 0 aromatic heterocycles. The summed E-state index contributed by atoms with van der Waals surface area (Å²) in [6.07, 6.45) is 0.692. The summed E-state index contributed by atoms with van der Waals surface area (Å²) in [6, 6.07) is 31.5. The quantitative estimate of drug-likeness (QED) is 0.347. The van der Waals surface area contributed by atoms with Gasteiger partial charge < -0.3 is 10.6 Å². The minimum absolute atomic E-state index is 0.0338. The van der Waals surface area contributed by atoms with E-state index in [1.807, 2.05) is 98.8 Å². The maximum Gasteiger partial charge on any atom is 0.228 e. The van der Waals surface area contributed by atoms with Crippen LogP contribution in [0.4, 0.5) is 11.4 Å². The van der Waals surface area contributed by atoms with Gasteiger partial charge in [0.2, 0.25) is 11.8 Å². The van der Waals surface area contributed by atoms with E-state index in [2.05, 4.69) is 22.8 Å². The summed E-state index contributed by atoms with van der Waals surface area (Å²) in [4.78, 5) is 24.9. The molecular formula is C30H28N2O2. The fourth-order valence-electron chi connectivity index (χ4n) is 3.92. The third-order valence-electron chi connectivity index (χ3n) is 5.75. The Hall–Kier alpha value is -4.18. The second-order valence-corrected chi connectivity index (χ2v) is 8.48. The molecule has 0 aliphatic heterocycles. The van der Waals surface area contributed by atoms with Gasteiger partial charge in [0.25, 0.3) is 0 Å². The molecular weight excluding hydrogens is 420 g/mol. The van der Waals surface area contributed by atoms with E-state index in [1.165, 1.54) is 0 Å². The van der Waals surface area contributed by atoms with Crippen molar-refractivity contribution >= 4 is 23.2 Å². The van der Waals surface area contributed by atoms with Gasteiger partial charge in [-0.05, 0) is 71.5 Å². The largest absolute Gasteiger partial charge is 0.326 e. The van der Waals surface area contributed by atoms with Crippen molar-refractivity contribution < 1.29 is 9.59 Å². The van der Waals surface area contributed by atoms with Crippen LogP contribution in [0.5, 0.6) is 0 Å². The van der Waals surface area contributed by atoms with Gasteiger partial charge >= 0.3 is 0 Å². The number of hydrogen-bond acceptors (Lipinski definition) is 2. The Balaban J connectivity index is 1.41. The highest BCUT2D eigenvalue weighted by Gasteiger charge is 2.10. The van der Waals surface area contributed by atoms with Crippen LogP contribution in [-0.4, -0.2) is 11.8 Å². The lowest BCUT2D eigenvalue weighted by molar-refractivity contribution is -0.116. The molecule has 0 saturated heterocycles. The summed E-state index contributed by atoms with van der Waals surface area (Å²) in [5.74, 6) is -0.0676. The fourth-order valence-corrected chi connectivity index (χ4v) is 3.92. The third kappa shape index (κ3) is 5.99. The normalized spacial score (nSPS) is 10.5. The number of aryl methyl sites for hydroxylation is 2. The molecule has 2 N–H and O–H groups in total. The SMILES string of the molecule is Cc1cc(-c2ccc(NC(=O)Cc3ccccc3)c(C)c2)ccc1NC(=O)Cc1ccccc1. The molecule has 0 unspecified atom stereocenters. The molecule has 4 heteroatoms. The Kier molecular flexibility index (Phi) is 7.19. The highest BCUT2D eigenvalue weighted by molar-refractivity contribution is 5.94. The first-order valence-electron chi connectivity index (χ1n) is 11.4. The van der Waals surface area contributed by atoms with E-state index >= 15 is 0 Å². The molecule has 170 valence electrons. The van der Waals surface area contributed by atoms with Crippen molar-refractivity contribution in [3.63, 3.8) is 0 Å². The Morgan fingerprint density at radius 1 is 0.559 bits per heavy atom. The van der Waals surface area contributed by atoms with Crippen LogP contribution in [0.1, 0.15) is 22.3 Å². The Morgan fingerprint density at radius 2 is 0.941 bits per heavy atom. The maximum absolute atomic E-state index is 12.4.